The van der Waals surface area contributed by atoms with Crippen molar-refractivity contribution in [1.82, 2.24) is 20.5 Å². The van der Waals surface area contributed by atoms with E-state index in [1.807, 2.05) is 36.5 Å². The summed E-state index contributed by atoms with van der Waals surface area (Å²) in [4.78, 5) is 11.6. The van der Waals surface area contributed by atoms with Gasteiger partial charge < -0.3 is 15.1 Å². The van der Waals surface area contributed by atoms with Gasteiger partial charge in [0.2, 0.25) is 0 Å². The lowest BCUT2D eigenvalue weighted by atomic mass is 10.0. The second-order valence-corrected chi connectivity index (χ2v) is 6.75. The van der Waals surface area contributed by atoms with Gasteiger partial charge >= 0.3 is 0 Å². The van der Waals surface area contributed by atoms with Crippen molar-refractivity contribution < 1.29 is 4.42 Å². The van der Waals surface area contributed by atoms with Crippen molar-refractivity contribution in [3.8, 4) is 0 Å². The van der Waals surface area contributed by atoms with E-state index in [1.54, 1.807) is 6.26 Å². The van der Waals surface area contributed by atoms with Gasteiger partial charge in [-0.15, -0.1) is 6.58 Å². The second-order valence-electron chi connectivity index (χ2n) is 6.75. The minimum absolute atomic E-state index is 0.435. The molecule has 1 fully saturated rings. The first-order valence-corrected chi connectivity index (χ1v) is 9.64. The summed E-state index contributed by atoms with van der Waals surface area (Å²) in [6, 6.07) is 10.4. The third-order valence-electron chi connectivity index (χ3n) is 4.66. The number of guanidine groups is 1. The summed E-state index contributed by atoms with van der Waals surface area (Å²) < 4.78 is 5.37. The van der Waals surface area contributed by atoms with Crippen molar-refractivity contribution in [2.45, 2.75) is 31.8 Å². The van der Waals surface area contributed by atoms with Crippen molar-refractivity contribution in [3.05, 3.63) is 66.9 Å². The molecule has 0 radical (unpaired) electrons. The Morgan fingerprint density at radius 3 is 2.89 bits per heavy atom. The summed E-state index contributed by atoms with van der Waals surface area (Å²) >= 11 is 0. The molecular weight excluding hydrogens is 338 g/mol. The molecule has 0 aromatic carbocycles. The zero-order valence-electron chi connectivity index (χ0n) is 15.8. The lowest BCUT2D eigenvalue weighted by Crippen LogP contribution is -2.48. The van der Waals surface area contributed by atoms with E-state index in [4.69, 9.17) is 4.42 Å². The van der Waals surface area contributed by atoms with Gasteiger partial charge in [-0.1, -0.05) is 12.1 Å². The predicted molar refractivity (Wildman–Crippen MR) is 109 cm³/mol. The van der Waals surface area contributed by atoms with Crippen molar-refractivity contribution >= 4 is 5.96 Å². The Hall–Kier alpha value is -2.60. The average Bonchev–Trinajstić information content (AvgIpc) is 3.22. The Balaban J connectivity index is 1.45. The van der Waals surface area contributed by atoms with Crippen molar-refractivity contribution in [2.75, 3.05) is 26.2 Å². The number of rotatable bonds is 8. The molecule has 1 aliphatic rings. The van der Waals surface area contributed by atoms with Gasteiger partial charge in [0.25, 0.3) is 0 Å². The Labute approximate surface area is 161 Å². The molecule has 0 saturated carbocycles. The van der Waals surface area contributed by atoms with Crippen LogP contribution in [-0.4, -0.2) is 48.1 Å². The summed E-state index contributed by atoms with van der Waals surface area (Å²) in [6.07, 6.45) is 8.41. The minimum Gasteiger partial charge on any atom is -0.469 e. The summed E-state index contributed by atoms with van der Waals surface area (Å²) in [7, 11) is 0. The van der Waals surface area contributed by atoms with E-state index in [-0.39, 0.29) is 0 Å². The van der Waals surface area contributed by atoms with Crippen LogP contribution >= 0.6 is 0 Å². The predicted octanol–water partition coefficient (Wildman–Crippen LogP) is 2.60. The molecule has 0 unspecified atom stereocenters. The van der Waals surface area contributed by atoms with Crippen LogP contribution in [0.15, 0.2) is 64.9 Å². The second kappa shape index (κ2) is 10.5. The molecular formula is C21H29N5O. The van der Waals surface area contributed by atoms with Crippen LogP contribution in [0.4, 0.5) is 0 Å². The van der Waals surface area contributed by atoms with E-state index in [2.05, 4.69) is 38.2 Å². The molecule has 0 spiro atoms. The Morgan fingerprint density at radius 1 is 1.30 bits per heavy atom. The number of piperidine rings is 1. The van der Waals surface area contributed by atoms with Crippen LogP contribution in [0.5, 0.6) is 0 Å². The largest absolute Gasteiger partial charge is 0.469 e. The van der Waals surface area contributed by atoms with Crippen LogP contribution in [0.2, 0.25) is 0 Å². The summed E-state index contributed by atoms with van der Waals surface area (Å²) in [5.74, 6) is 1.81. The summed E-state index contributed by atoms with van der Waals surface area (Å²) in [5.41, 5.74) is 1.14. The van der Waals surface area contributed by atoms with Crippen LogP contribution in [0.1, 0.15) is 24.3 Å². The zero-order chi connectivity index (χ0) is 18.7. The fourth-order valence-electron chi connectivity index (χ4n) is 3.20. The number of nitrogens with one attached hydrogen (secondary N) is 2. The van der Waals surface area contributed by atoms with E-state index >= 15 is 0 Å². The molecule has 3 rings (SSSR count). The van der Waals surface area contributed by atoms with Crippen molar-refractivity contribution in [3.63, 3.8) is 0 Å². The van der Waals surface area contributed by atoms with Gasteiger partial charge in [-0.3, -0.25) is 14.9 Å². The molecule has 3 heterocycles. The molecule has 6 nitrogen and oxygen atoms in total. The van der Waals surface area contributed by atoms with Gasteiger partial charge in [0.05, 0.1) is 12.0 Å². The highest BCUT2D eigenvalue weighted by atomic mass is 16.3. The summed E-state index contributed by atoms with van der Waals surface area (Å²) in [6.45, 7) is 8.22. The number of furan rings is 1. The number of nitrogens with zero attached hydrogens (tertiary/aromatic N) is 3. The van der Waals surface area contributed by atoms with Crippen molar-refractivity contribution in [1.29, 1.82) is 0 Å². The molecule has 1 aliphatic heterocycles. The van der Waals surface area contributed by atoms with Gasteiger partial charge in [-0.2, -0.15) is 0 Å². The lowest BCUT2D eigenvalue weighted by Gasteiger charge is -2.32. The maximum Gasteiger partial charge on any atom is 0.191 e. The molecule has 144 valence electrons. The number of aromatic nitrogens is 1. The van der Waals surface area contributed by atoms with Gasteiger partial charge in [-0.25, -0.2) is 0 Å². The molecule has 6 heteroatoms. The van der Waals surface area contributed by atoms with Crippen LogP contribution in [0.3, 0.4) is 0 Å². The van der Waals surface area contributed by atoms with Gasteiger partial charge in [0, 0.05) is 51.4 Å². The maximum absolute atomic E-state index is 5.37. The number of aliphatic imine (C=N–C) groups is 1. The Kier molecular flexibility index (Phi) is 7.47. The first kappa shape index (κ1) is 19.2. The highest BCUT2D eigenvalue weighted by Gasteiger charge is 2.20. The molecule has 0 aliphatic carbocycles. The number of likely N-dealkylation sites (tertiary alicyclic amines) is 1. The van der Waals surface area contributed by atoms with E-state index in [0.29, 0.717) is 19.1 Å². The van der Waals surface area contributed by atoms with E-state index < -0.39 is 0 Å². The normalized spacial score (nSPS) is 16.2. The van der Waals surface area contributed by atoms with Gasteiger partial charge in [-0.05, 0) is 37.1 Å². The molecule has 0 bridgehead atoms. The maximum atomic E-state index is 5.37. The first-order chi connectivity index (χ1) is 13.3. The number of hydrogen-bond acceptors (Lipinski definition) is 4. The van der Waals surface area contributed by atoms with E-state index in [9.17, 15) is 0 Å². The highest BCUT2D eigenvalue weighted by Crippen LogP contribution is 2.13. The molecule has 1 saturated heterocycles. The monoisotopic (exact) mass is 367 g/mol. The molecule has 0 atom stereocenters. The Bertz CT molecular complexity index is 691. The fraction of sp³-hybridized carbons (Fsp3) is 0.429. The standard InChI is InChI=1S/C21H29N5O/c1-2-11-23-21(24-13-8-20-7-5-16-27-20)25-18-9-14-26(15-10-18)17-19-6-3-4-12-22-19/h2-7,12,16,18H,1,8-11,13-15,17H2,(H2,23,24,25). The molecule has 2 aromatic rings. The number of hydrogen-bond donors (Lipinski definition) is 2. The van der Waals surface area contributed by atoms with E-state index in [0.717, 1.165) is 56.3 Å². The SMILES string of the molecule is C=CCNC(=NCCc1ccco1)NC1CCN(Cc2ccccn2)CC1. The first-order valence-electron chi connectivity index (χ1n) is 9.64. The fourth-order valence-corrected chi connectivity index (χ4v) is 3.20. The zero-order valence-corrected chi connectivity index (χ0v) is 15.8. The third-order valence-corrected chi connectivity index (χ3v) is 4.66. The average molecular weight is 367 g/mol. The van der Waals surface area contributed by atoms with Crippen LogP contribution in [0.25, 0.3) is 0 Å². The van der Waals surface area contributed by atoms with Gasteiger partial charge in [0.15, 0.2) is 5.96 Å². The van der Waals surface area contributed by atoms with Crippen LogP contribution < -0.4 is 10.6 Å². The number of pyridine rings is 1. The lowest BCUT2D eigenvalue weighted by molar-refractivity contribution is 0.196. The van der Waals surface area contributed by atoms with Crippen LogP contribution in [0, 0.1) is 0 Å². The van der Waals surface area contributed by atoms with Crippen molar-refractivity contribution in [2.24, 2.45) is 4.99 Å². The Morgan fingerprint density at radius 2 is 2.19 bits per heavy atom. The quantitative estimate of drug-likeness (QED) is 0.427. The van der Waals surface area contributed by atoms with E-state index in [1.165, 1.54) is 0 Å². The molecule has 2 N–H and O–H groups in total. The highest BCUT2D eigenvalue weighted by molar-refractivity contribution is 5.80. The minimum atomic E-state index is 0.435. The van der Waals surface area contributed by atoms with Crippen LogP contribution in [-0.2, 0) is 13.0 Å². The molecule has 27 heavy (non-hydrogen) atoms. The smallest absolute Gasteiger partial charge is 0.191 e. The molecule has 2 aromatic heterocycles. The molecule has 0 amide bonds. The third kappa shape index (κ3) is 6.57. The summed E-state index contributed by atoms with van der Waals surface area (Å²) in [5, 5.41) is 6.89. The van der Waals surface area contributed by atoms with Gasteiger partial charge in [0.1, 0.15) is 5.76 Å². The topological polar surface area (TPSA) is 65.7 Å².